The Hall–Kier alpha value is -2.89. The smallest absolute Gasteiger partial charge is 0.254 e. The van der Waals surface area contributed by atoms with Gasteiger partial charge in [-0.3, -0.25) is 9.48 Å². The van der Waals surface area contributed by atoms with Gasteiger partial charge in [0.05, 0.1) is 29.4 Å². The van der Waals surface area contributed by atoms with Gasteiger partial charge in [0.2, 0.25) is 0 Å². The zero-order valence-corrected chi connectivity index (χ0v) is 16.9. The number of amides is 1. The summed E-state index contributed by atoms with van der Waals surface area (Å²) in [6.45, 7) is 5.80. The quantitative estimate of drug-likeness (QED) is 0.695. The largest absolute Gasteiger partial charge is 0.497 e. The van der Waals surface area contributed by atoms with Crippen molar-refractivity contribution in [3.8, 4) is 17.0 Å². The highest BCUT2D eigenvalue weighted by Crippen LogP contribution is 2.29. The molecule has 1 saturated heterocycles. The number of likely N-dealkylation sites (tertiary alicyclic amines) is 1. The summed E-state index contributed by atoms with van der Waals surface area (Å²) >= 11 is 0. The third-order valence-electron chi connectivity index (χ3n) is 5.66. The van der Waals surface area contributed by atoms with E-state index in [0.717, 1.165) is 59.7 Å². The molecule has 146 valence electrons. The van der Waals surface area contributed by atoms with Gasteiger partial charge in [0.15, 0.2) is 5.65 Å². The second-order valence-corrected chi connectivity index (χ2v) is 7.67. The number of carbonyl (C=O) groups excluding carboxylic acids is 1. The van der Waals surface area contributed by atoms with Crippen molar-refractivity contribution < 1.29 is 9.53 Å². The van der Waals surface area contributed by atoms with Crippen LogP contribution in [0.2, 0.25) is 0 Å². The molecule has 3 aromatic rings. The highest BCUT2D eigenvalue weighted by Gasteiger charge is 2.26. The maximum absolute atomic E-state index is 13.4. The van der Waals surface area contributed by atoms with Crippen molar-refractivity contribution in [3.63, 3.8) is 0 Å². The van der Waals surface area contributed by atoms with Crippen LogP contribution in [0.25, 0.3) is 22.3 Å². The summed E-state index contributed by atoms with van der Waals surface area (Å²) in [6.07, 6.45) is 2.11. The van der Waals surface area contributed by atoms with Gasteiger partial charge < -0.3 is 9.64 Å². The second-order valence-electron chi connectivity index (χ2n) is 7.67. The number of ether oxygens (including phenoxy) is 1. The van der Waals surface area contributed by atoms with Gasteiger partial charge in [0, 0.05) is 25.7 Å². The summed E-state index contributed by atoms with van der Waals surface area (Å²) in [5, 5.41) is 5.37. The topological polar surface area (TPSA) is 60.2 Å². The zero-order valence-electron chi connectivity index (χ0n) is 16.9. The van der Waals surface area contributed by atoms with Gasteiger partial charge in [0.1, 0.15) is 5.75 Å². The minimum absolute atomic E-state index is 0.0742. The first-order valence-electron chi connectivity index (χ1n) is 9.76. The Kier molecular flexibility index (Phi) is 4.79. The van der Waals surface area contributed by atoms with Crippen LogP contribution >= 0.6 is 0 Å². The first-order valence-corrected chi connectivity index (χ1v) is 9.76. The Balaban J connectivity index is 1.82. The van der Waals surface area contributed by atoms with E-state index in [9.17, 15) is 4.79 Å². The SMILES string of the molecule is COc1ccc(-c2cc(C(=O)N3CCC(C)CC3)c3c(C)nn(C)c3n2)cc1. The standard InChI is InChI=1S/C22H26N4O2/c1-14-9-11-26(12-10-14)22(27)18-13-19(16-5-7-17(28-4)8-6-16)23-21-20(18)15(2)24-25(21)3/h5-8,13-14H,9-12H2,1-4H3. The van der Waals surface area contributed by atoms with Crippen molar-refractivity contribution in [2.45, 2.75) is 26.7 Å². The molecule has 0 saturated carbocycles. The molecule has 1 aliphatic heterocycles. The highest BCUT2D eigenvalue weighted by atomic mass is 16.5. The molecule has 0 radical (unpaired) electrons. The number of rotatable bonds is 3. The van der Waals surface area contributed by atoms with E-state index in [2.05, 4.69) is 12.0 Å². The molecule has 0 aliphatic carbocycles. The van der Waals surface area contributed by atoms with Crippen LogP contribution in [0.1, 0.15) is 35.8 Å². The fourth-order valence-electron chi connectivity index (χ4n) is 3.91. The highest BCUT2D eigenvalue weighted by molar-refractivity contribution is 6.07. The fraction of sp³-hybridized carbons (Fsp3) is 0.409. The van der Waals surface area contributed by atoms with Crippen LogP contribution in [0.3, 0.4) is 0 Å². The molecule has 0 unspecified atom stereocenters. The van der Waals surface area contributed by atoms with E-state index in [0.29, 0.717) is 11.5 Å². The number of aryl methyl sites for hydroxylation is 2. The average Bonchev–Trinajstić information content (AvgIpc) is 3.01. The Morgan fingerprint density at radius 2 is 1.86 bits per heavy atom. The number of benzene rings is 1. The summed E-state index contributed by atoms with van der Waals surface area (Å²) in [6, 6.07) is 9.66. The minimum Gasteiger partial charge on any atom is -0.497 e. The Bertz CT molecular complexity index is 1020. The molecular weight excluding hydrogens is 352 g/mol. The monoisotopic (exact) mass is 378 g/mol. The van der Waals surface area contributed by atoms with Crippen LogP contribution in [0.5, 0.6) is 5.75 Å². The zero-order chi connectivity index (χ0) is 19.8. The van der Waals surface area contributed by atoms with Gasteiger partial charge in [-0.15, -0.1) is 0 Å². The fourth-order valence-corrected chi connectivity index (χ4v) is 3.91. The van der Waals surface area contributed by atoms with Crippen LogP contribution in [-0.2, 0) is 7.05 Å². The number of aromatic nitrogens is 3. The van der Waals surface area contributed by atoms with Crippen LogP contribution in [0.4, 0.5) is 0 Å². The molecule has 0 bridgehead atoms. The minimum atomic E-state index is 0.0742. The molecule has 0 spiro atoms. The lowest BCUT2D eigenvalue weighted by atomic mass is 9.97. The predicted molar refractivity (Wildman–Crippen MR) is 110 cm³/mol. The first-order chi connectivity index (χ1) is 13.5. The van der Waals surface area contributed by atoms with Crippen molar-refractivity contribution in [2.24, 2.45) is 13.0 Å². The van der Waals surface area contributed by atoms with E-state index in [1.807, 2.05) is 49.2 Å². The molecule has 1 fully saturated rings. The molecule has 2 aromatic heterocycles. The van der Waals surface area contributed by atoms with Crippen molar-refractivity contribution in [3.05, 3.63) is 41.6 Å². The van der Waals surface area contributed by atoms with Crippen molar-refractivity contribution in [1.29, 1.82) is 0 Å². The molecule has 28 heavy (non-hydrogen) atoms. The lowest BCUT2D eigenvalue weighted by Gasteiger charge is -2.30. The number of hydrogen-bond acceptors (Lipinski definition) is 4. The van der Waals surface area contributed by atoms with E-state index < -0.39 is 0 Å². The first kappa shape index (κ1) is 18.5. The van der Waals surface area contributed by atoms with Crippen molar-refractivity contribution in [2.75, 3.05) is 20.2 Å². The summed E-state index contributed by atoms with van der Waals surface area (Å²) < 4.78 is 7.01. The summed E-state index contributed by atoms with van der Waals surface area (Å²) in [5.74, 6) is 1.54. The normalized spacial score (nSPS) is 15.2. The molecule has 6 heteroatoms. The number of methoxy groups -OCH3 is 1. The van der Waals surface area contributed by atoms with Gasteiger partial charge in [-0.2, -0.15) is 5.10 Å². The van der Waals surface area contributed by atoms with Crippen LogP contribution < -0.4 is 4.74 Å². The molecule has 0 atom stereocenters. The molecule has 1 aromatic carbocycles. The van der Waals surface area contributed by atoms with Gasteiger partial charge in [-0.05, 0) is 56.0 Å². The van der Waals surface area contributed by atoms with Crippen molar-refractivity contribution in [1.82, 2.24) is 19.7 Å². The van der Waals surface area contributed by atoms with E-state index in [1.54, 1.807) is 11.8 Å². The number of piperidine rings is 1. The maximum Gasteiger partial charge on any atom is 0.254 e. The molecule has 1 amide bonds. The lowest BCUT2D eigenvalue weighted by molar-refractivity contribution is 0.0699. The molecule has 4 rings (SSSR count). The van der Waals surface area contributed by atoms with Crippen molar-refractivity contribution >= 4 is 16.9 Å². The summed E-state index contributed by atoms with van der Waals surface area (Å²) in [5.41, 5.74) is 3.98. The van der Waals surface area contributed by atoms with E-state index in [1.165, 1.54) is 0 Å². The second kappa shape index (κ2) is 7.26. The number of hydrogen-bond donors (Lipinski definition) is 0. The van der Waals surface area contributed by atoms with E-state index in [4.69, 9.17) is 9.72 Å². The van der Waals surface area contributed by atoms with Gasteiger partial charge >= 0.3 is 0 Å². The molecule has 6 nitrogen and oxygen atoms in total. The van der Waals surface area contributed by atoms with Gasteiger partial charge in [0.25, 0.3) is 5.91 Å². The average molecular weight is 378 g/mol. The Morgan fingerprint density at radius 3 is 2.50 bits per heavy atom. The van der Waals surface area contributed by atoms with Crippen LogP contribution in [0.15, 0.2) is 30.3 Å². The predicted octanol–water partition coefficient (Wildman–Crippen LogP) is 3.82. The van der Waals surface area contributed by atoms with E-state index in [-0.39, 0.29) is 5.91 Å². The molecule has 0 N–H and O–H groups in total. The maximum atomic E-state index is 13.4. The Morgan fingerprint density at radius 1 is 1.18 bits per heavy atom. The number of fused-ring (bicyclic) bond motifs is 1. The molecule has 1 aliphatic rings. The Labute approximate surface area is 165 Å². The van der Waals surface area contributed by atoms with Crippen LogP contribution in [-0.4, -0.2) is 45.8 Å². The number of pyridine rings is 1. The van der Waals surface area contributed by atoms with Gasteiger partial charge in [-0.25, -0.2) is 4.98 Å². The summed E-state index contributed by atoms with van der Waals surface area (Å²) in [7, 11) is 3.52. The van der Waals surface area contributed by atoms with Gasteiger partial charge in [-0.1, -0.05) is 6.92 Å². The lowest BCUT2D eigenvalue weighted by Crippen LogP contribution is -2.38. The van der Waals surface area contributed by atoms with Crippen LogP contribution in [0, 0.1) is 12.8 Å². The molecular formula is C22H26N4O2. The summed E-state index contributed by atoms with van der Waals surface area (Å²) in [4.78, 5) is 20.2. The number of carbonyl (C=O) groups is 1. The number of nitrogens with zero attached hydrogens (tertiary/aromatic N) is 4. The third kappa shape index (κ3) is 3.23. The van der Waals surface area contributed by atoms with E-state index >= 15 is 0 Å². The third-order valence-corrected chi connectivity index (χ3v) is 5.66. The molecule has 3 heterocycles.